The molecule has 2 aromatic rings. The summed E-state index contributed by atoms with van der Waals surface area (Å²) in [5, 5.41) is 11.3. The number of benzene rings is 2. The second-order valence-corrected chi connectivity index (χ2v) is 7.31. The van der Waals surface area contributed by atoms with E-state index in [1.807, 2.05) is 48.6 Å². The van der Waals surface area contributed by atoms with E-state index < -0.39 is 0 Å². The molecule has 2 N–H and O–H groups in total. The van der Waals surface area contributed by atoms with Crippen molar-refractivity contribution in [2.45, 2.75) is 32.3 Å². The van der Waals surface area contributed by atoms with Crippen LogP contribution in [0, 0.1) is 0 Å². The van der Waals surface area contributed by atoms with E-state index in [-0.39, 0.29) is 6.10 Å². The van der Waals surface area contributed by atoms with Crippen molar-refractivity contribution in [2.75, 3.05) is 11.6 Å². The monoisotopic (exact) mass is 402 g/mol. The number of hydrogen-bond donors (Lipinski definition) is 2. The van der Waals surface area contributed by atoms with Gasteiger partial charge in [0.25, 0.3) is 0 Å². The van der Waals surface area contributed by atoms with Crippen LogP contribution in [0.15, 0.2) is 85.7 Å². The minimum atomic E-state index is -0.215. The van der Waals surface area contributed by atoms with E-state index in [2.05, 4.69) is 54.5 Å². The van der Waals surface area contributed by atoms with Gasteiger partial charge < -0.3 is 15.3 Å². The quantitative estimate of drug-likeness (QED) is 0.395. The third-order valence-corrected chi connectivity index (χ3v) is 4.79. The van der Waals surface area contributed by atoms with Crippen LogP contribution >= 0.6 is 0 Å². The molecular formula is C26H30N2O2. The van der Waals surface area contributed by atoms with Gasteiger partial charge in [0.2, 0.25) is 0 Å². The number of nitrogens with zero attached hydrogens (tertiary/aromatic N) is 1. The van der Waals surface area contributed by atoms with E-state index in [1.54, 1.807) is 6.08 Å². The van der Waals surface area contributed by atoms with E-state index in [9.17, 15) is 5.11 Å². The number of aliphatic hydroxyl groups excluding tert-OH is 1. The summed E-state index contributed by atoms with van der Waals surface area (Å²) < 4.78 is 5.53. The van der Waals surface area contributed by atoms with Gasteiger partial charge in [-0.3, -0.25) is 5.01 Å². The highest BCUT2D eigenvalue weighted by atomic mass is 16.5. The second-order valence-electron chi connectivity index (χ2n) is 7.31. The van der Waals surface area contributed by atoms with Crippen LogP contribution in [0.5, 0.6) is 5.75 Å². The Morgan fingerprint density at radius 3 is 2.53 bits per heavy atom. The fourth-order valence-electron chi connectivity index (χ4n) is 3.12. The van der Waals surface area contributed by atoms with Gasteiger partial charge >= 0.3 is 0 Å². The van der Waals surface area contributed by atoms with Crippen molar-refractivity contribution in [1.29, 1.82) is 0 Å². The van der Waals surface area contributed by atoms with Crippen LogP contribution in [-0.4, -0.2) is 17.8 Å². The van der Waals surface area contributed by atoms with Crippen LogP contribution in [-0.2, 0) is 0 Å². The number of aliphatic hydroxyl groups is 1. The predicted octanol–water partition coefficient (Wildman–Crippen LogP) is 5.70. The molecule has 0 bridgehead atoms. The van der Waals surface area contributed by atoms with Crippen molar-refractivity contribution in [3.8, 4) is 5.75 Å². The zero-order valence-electron chi connectivity index (χ0n) is 17.5. The summed E-state index contributed by atoms with van der Waals surface area (Å²) >= 11 is 0. The zero-order valence-corrected chi connectivity index (χ0v) is 17.5. The van der Waals surface area contributed by atoms with Gasteiger partial charge in [0.05, 0.1) is 11.8 Å². The van der Waals surface area contributed by atoms with Gasteiger partial charge in [0.15, 0.2) is 0 Å². The number of hydrogen-bond acceptors (Lipinski definition) is 4. The molecule has 1 unspecified atom stereocenters. The van der Waals surface area contributed by atoms with Gasteiger partial charge in [-0.1, -0.05) is 49.1 Å². The van der Waals surface area contributed by atoms with Crippen LogP contribution < -0.4 is 15.2 Å². The van der Waals surface area contributed by atoms with Gasteiger partial charge in [0.1, 0.15) is 12.4 Å². The molecule has 30 heavy (non-hydrogen) atoms. The highest BCUT2D eigenvalue weighted by Gasteiger charge is 2.08. The summed E-state index contributed by atoms with van der Waals surface area (Å²) in [6.45, 7) is 6.00. The van der Waals surface area contributed by atoms with E-state index in [0.717, 1.165) is 41.8 Å². The standard InChI is InChI=1S/C26H30N2O2/c1-3-19-30-26-15-11-23(12-16-26)24-17-18-28(27-20-24)25-13-9-22(10-14-25)8-6-4-5-7-21(2)29/h3,6,8-18,20-21,27,29H,1,4-5,7,19H2,2H3/b8-6+. The highest BCUT2D eigenvalue weighted by Crippen LogP contribution is 2.23. The summed E-state index contributed by atoms with van der Waals surface area (Å²) in [5.74, 6) is 0.839. The molecule has 1 aliphatic rings. The summed E-state index contributed by atoms with van der Waals surface area (Å²) in [6.07, 6.45) is 14.8. The maximum Gasteiger partial charge on any atom is 0.119 e. The summed E-state index contributed by atoms with van der Waals surface area (Å²) in [7, 11) is 0. The molecule has 0 saturated heterocycles. The fraction of sp³-hybridized carbons (Fsp3) is 0.231. The maximum atomic E-state index is 9.29. The van der Waals surface area contributed by atoms with E-state index in [0.29, 0.717) is 6.61 Å². The Balaban J connectivity index is 1.53. The summed E-state index contributed by atoms with van der Waals surface area (Å²) in [6, 6.07) is 16.4. The van der Waals surface area contributed by atoms with Crippen molar-refractivity contribution in [3.05, 3.63) is 96.9 Å². The number of hydrazine groups is 1. The van der Waals surface area contributed by atoms with E-state index in [4.69, 9.17) is 4.74 Å². The number of anilines is 1. The number of nitrogens with one attached hydrogen (secondary N) is 1. The molecule has 3 rings (SSSR count). The van der Waals surface area contributed by atoms with E-state index in [1.165, 1.54) is 5.56 Å². The summed E-state index contributed by atoms with van der Waals surface area (Å²) in [4.78, 5) is 0. The Hall–Kier alpha value is -3.24. The zero-order chi connectivity index (χ0) is 21.2. The van der Waals surface area contributed by atoms with Crippen LogP contribution in [0.1, 0.15) is 37.3 Å². The normalized spacial score (nSPS) is 14.3. The van der Waals surface area contributed by atoms with Gasteiger partial charge in [-0.2, -0.15) is 0 Å². The Morgan fingerprint density at radius 1 is 1.13 bits per heavy atom. The van der Waals surface area contributed by atoms with Crippen LogP contribution in [0.3, 0.4) is 0 Å². The first-order valence-corrected chi connectivity index (χ1v) is 10.4. The predicted molar refractivity (Wildman–Crippen MR) is 126 cm³/mol. The van der Waals surface area contributed by atoms with Crippen molar-refractivity contribution < 1.29 is 9.84 Å². The van der Waals surface area contributed by atoms with Gasteiger partial charge in [-0.25, -0.2) is 0 Å². The lowest BCUT2D eigenvalue weighted by atomic mass is 10.1. The molecule has 2 aromatic carbocycles. The van der Waals surface area contributed by atoms with Crippen LogP contribution in [0.4, 0.5) is 5.69 Å². The Labute approximate surface area is 179 Å². The molecule has 4 heteroatoms. The molecule has 0 aromatic heterocycles. The smallest absolute Gasteiger partial charge is 0.119 e. The van der Waals surface area contributed by atoms with Crippen LogP contribution in [0.25, 0.3) is 11.6 Å². The molecular weight excluding hydrogens is 372 g/mol. The van der Waals surface area contributed by atoms with Crippen molar-refractivity contribution in [3.63, 3.8) is 0 Å². The van der Waals surface area contributed by atoms with Crippen LogP contribution in [0.2, 0.25) is 0 Å². The lowest BCUT2D eigenvalue weighted by molar-refractivity contribution is 0.182. The molecule has 0 amide bonds. The average molecular weight is 403 g/mol. The Bertz CT molecular complexity index is 894. The number of ether oxygens (including phenoxy) is 1. The maximum absolute atomic E-state index is 9.29. The first-order valence-electron chi connectivity index (χ1n) is 10.4. The Morgan fingerprint density at radius 2 is 1.90 bits per heavy atom. The molecule has 1 heterocycles. The van der Waals surface area contributed by atoms with E-state index >= 15 is 0 Å². The molecule has 1 atom stereocenters. The molecule has 0 saturated carbocycles. The lowest BCUT2D eigenvalue weighted by Gasteiger charge is -2.24. The molecule has 0 fully saturated rings. The molecule has 0 radical (unpaired) electrons. The average Bonchev–Trinajstić information content (AvgIpc) is 2.78. The number of rotatable bonds is 10. The highest BCUT2D eigenvalue weighted by molar-refractivity contribution is 5.76. The van der Waals surface area contributed by atoms with Crippen molar-refractivity contribution >= 4 is 17.3 Å². The topological polar surface area (TPSA) is 44.7 Å². The largest absolute Gasteiger partial charge is 0.490 e. The van der Waals surface area contributed by atoms with Gasteiger partial charge in [-0.15, -0.1) is 0 Å². The molecule has 1 aliphatic heterocycles. The van der Waals surface area contributed by atoms with Gasteiger partial charge in [-0.05, 0) is 67.7 Å². The number of allylic oxidation sites excluding steroid dienone is 3. The third-order valence-electron chi connectivity index (χ3n) is 4.79. The summed E-state index contributed by atoms with van der Waals surface area (Å²) in [5.41, 5.74) is 7.80. The number of unbranched alkanes of at least 4 members (excludes halogenated alkanes) is 1. The van der Waals surface area contributed by atoms with Crippen molar-refractivity contribution in [2.24, 2.45) is 0 Å². The first kappa shape index (κ1) is 21.5. The van der Waals surface area contributed by atoms with Crippen molar-refractivity contribution in [1.82, 2.24) is 5.43 Å². The minimum absolute atomic E-state index is 0.215. The fourth-order valence-corrected chi connectivity index (χ4v) is 3.12. The molecule has 0 spiro atoms. The minimum Gasteiger partial charge on any atom is -0.490 e. The first-order chi connectivity index (χ1) is 14.7. The molecule has 0 aliphatic carbocycles. The second kappa shape index (κ2) is 11.1. The SMILES string of the molecule is C=CCOc1ccc(C2=CNN(c3ccc(/C=C/CCCC(C)O)cc3)C=C2)cc1. The molecule has 156 valence electrons. The Kier molecular flexibility index (Phi) is 7.93. The molecule has 4 nitrogen and oxygen atoms in total. The lowest BCUT2D eigenvalue weighted by Crippen LogP contribution is -2.30. The third kappa shape index (κ3) is 6.39. The van der Waals surface area contributed by atoms with Gasteiger partial charge in [0, 0.05) is 18.0 Å².